The van der Waals surface area contributed by atoms with Gasteiger partial charge in [-0.1, -0.05) is 0 Å². The SMILES string of the molecule is Cc1c(F)cc(-n2c(N)c3c(cc2=O)C(=O)NC3=O)cc1C(F)(F)F. The zero-order valence-corrected chi connectivity index (χ0v) is 12.5. The first-order valence-electron chi connectivity index (χ1n) is 6.81. The van der Waals surface area contributed by atoms with Gasteiger partial charge < -0.3 is 5.73 Å². The molecular formula is C15H9F4N3O3. The summed E-state index contributed by atoms with van der Waals surface area (Å²) >= 11 is 0. The highest BCUT2D eigenvalue weighted by Crippen LogP contribution is 2.35. The molecule has 0 unspecified atom stereocenters. The Morgan fingerprint density at radius 2 is 1.72 bits per heavy atom. The average molecular weight is 355 g/mol. The van der Waals surface area contributed by atoms with E-state index in [1.165, 1.54) is 0 Å². The Morgan fingerprint density at radius 3 is 2.32 bits per heavy atom. The van der Waals surface area contributed by atoms with Gasteiger partial charge in [0.25, 0.3) is 17.4 Å². The maximum Gasteiger partial charge on any atom is 0.416 e. The number of alkyl halides is 3. The van der Waals surface area contributed by atoms with Gasteiger partial charge in [-0.15, -0.1) is 0 Å². The highest BCUT2D eigenvalue weighted by Gasteiger charge is 2.35. The monoisotopic (exact) mass is 355 g/mol. The van der Waals surface area contributed by atoms with Crippen molar-refractivity contribution in [1.29, 1.82) is 0 Å². The molecule has 3 N–H and O–H groups in total. The van der Waals surface area contributed by atoms with E-state index in [0.717, 1.165) is 13.0 Å². The van der Waals surface area contributed by atoms with Crippen LogP contribution in [0.15, 0.2) is 23.0 Å². The summed E-state index contributed by atoms with van der Waals surface area (Å²) in [5.41, 5.74) is 1.68. The number of nitrogens with two attached hydrogens (primary N) is 1. The van der Waals surface area contributed by atoms with Crippen molar-refractivity contribution in [3.05, 3.63) is 56.6 Å². The predicted molar refractivity (Wildman–Crippen MR) is 77.9 cm³/mol. The number of amides is 2. The molecule has 2 heterocycles. The van der Waals surface area contributed by atoms with Crippen LogP contribution in [-0.2, 0) is 6.18 Å². The van der Waals surface area contributed by atoms with E-state index in [0.29, 0.717) is 16.7 Å². The summed E-state index contributed by atoms with van der Waals surface area (Å²) in [7, 11) is 0. The maximum atomic E-state index is 13.9. The molecule has 1 aliphatic heterocycles. The normalized spacial score (nSPS) is 13.8. The molecule has 1 aromatic heterocycles. The summed E-state index contributed by atoms with van der Waals surface area (Å²) in [4.78, 5) is 35.5. The molecule has 2 amide bonds. The second kappa shape index (κ2) is 5.16. The summed E-state index contributed by atoms with van der Waals surface area (Å²) in [6.45, 7) is 0.947. The Hall–Kier alpha value is -3.17. The van der Waals surface area contributed by atoms with Crippen LogP contribution in [0.3, 0.4) is 0 Å². The number of hydrogen-bond donors (Lipinski definition) is 2. The van der Waals surface area contributed by atoms with Gasteiger partial charge in [-0.2, -0.15) is 13.2 Å². The Morgan fingerprint density at radius 1 is 1.08 bits per heavy atom. The molecule has 6 nitrogen and oxygen atoms in total. The van der Waals surface area contributed by atoms with Crippen molar-refractivity contribution in [2.24, 2.45) is 0 Å². The third kappa shape index (κ3) is 2.46. The minimum absolute atomic E-state index is 0.285. The molecular weight excluding hydrogens is 346 g/mol. The number of aromatic nitrogens is 1. The van der Waals surface area contributed by atoms with Crippen LogP contribution in [0.1, 0.15) is 31.8 Å². The number of halogens is 4. The molecule has 3 rings (SSSR count). The quantitative estimate of drug-likeness (QED) is 0.602. The van der Waals surface area contributed by atoms with Crippen LogP contribution in [-0.4, -0.2) is 16.4 Å². The van der Waals surface area contributed by atoms with Gasteiger partial charge in [-0.25, -0.2) is 4.39 Å². The fraction of sp³-hybridized carbons (Fsp3) is 0.133. The van der Waals surface area contributed by atoms with Crippen molar-refractivity contribution in [2.75, 3.05) is 5.73 Å². The lowest BCUT2D eigenvalue weighted by Crippen LogP contribution is -2.25. The second-order valence-electron chi connectivity index (χ2n) is 5.37. The van der Waals surface area contributed by atoms with Gasteiger partial charge in [0, 0.05) is 6.07 Å². The van der Waals surface area contributed by atoms with E-state index in [1.54, 1.807) is 0 Å². The number of anilines is 1. The van der Waals surface area contributed by atoms with Crippen LogP contribution < -0.4 is 16.6 Å². The summed E-state index contributed by atoms with van der Waals surface area (Å²) < 4.78 is 53.7. The van der Waals surface area contributed by atoms with Crippen LogP contribution in [0.25, 0.3) is 5.69 Å². The highest BCUT2D eigenvalue weighted by molar-refractivity contribution is 6.23. The van der Waals surface area contributed by atoms with E-state index in [9.17, 15) is 31.9 Å². The van der Waals surface area contributed by atoms with Crippen LogP contribution in [0.2, 0.25) is 0 Å². The minimum atomic E-state index is -4.86. The summed E-state index contributed by atoms with van der Waals surface area (Å²) in [6, 6.07) is 2.01. The van der Waals surface area contributed by atoms with E-state index >= 15 is 0 Å². The molecule has 1 aliphatic rings. The highest BCUT2D eigenvalue weighted by atomic mass is 19.4. The molecule has 25 heavy (non-hydrogen) atoms. The van der Waals surface area contributed by atoms with E-state index in [1.807, 2.05) is 5.32 Å². The van der Waals surface area contributed by atoms with Crippen LogP contribution in [0.4, 0.5) is 23.4 Å². The predicted octanol–water partition coefficient (Wildman–Crippen LogP) is 1.77. The Labute approximate surface area is 136 Å². The maximum absolute atomic E-state index is 13.9. The smallest absolute Gasteiger partial charge is 0.384 e. The van der Waals surface area contributed by atoms with E-state index in [4.69, 9.17) is 5.73 Å². The molecule has 0 aliphatic carbocycles. The number of nitrogens with one attached hydrogen (secondary N) is 1. The number of benzene rings is 1. The lowest BCUT2D eigenvalue weighted by Gasteiger charge is -2.16. The number of carbonyl (C=O) groups excluding carboxylic acids is 2. The van der Waals surface area contributed by atoms with Crippen molar-refractivity contribution in [3.63, 3.8) is 0 Å². The zero-order chi connectivity index (χ0) is 18.7. The molecule has 0 saturated heterocycles. The number of nitrogens with zero attached hydrogens (tertiary/aromatic N) is 1. The lowest BCUT2D eigenvalue weighted by molar-refractivity contribution is -0.138. The third-order valence-corrected chi connectivity index (χ3v) is 3.85. The molecule has 0 spiro atoms. The molecule has 1 aromatic carbocycles. The van der Waals surface area contributed by atoms with E-state index in [-0.39, 0.29) is 11.1 Å². The second-order valence-corrected chi connectivity index (χ2v) is 5.37. The van der Waals surface area contributed by atoms with Crippen LogP contribution in [0.5, 0.6) is 0 Å². The van der Waals surface area contributed by atoms with Gasteiger partial charge in [0.2, 0.25) is 0 Å². The molecule has 2 aromatic rings. The first-order valence-corrected chi connectivity index (χ1v) is 6.81. The fourth-order valence-electron chi connectivity index (χ4n) is 2.63. The first kappa shape index (κ1) is 16.7. The number of carbonyl (C=O) groups is 2. The molecule has 0 atom stereocenters. The number of imide groups is 1. The number of hydrogen-bond acceptors (Lipinski definition) is 4. The van der Waals surface area contributed by atoms with E-state index < -0.39 is 52.0 Å². The standard InChI is InChI=1S/C15H9F4N3O3/c1-5-8(15(17,18)19)2-6(3-9(5)16)22-10(23)4-7-11(12(22)20)14(25)21-13(7)24/h2-4H,20H2,1H3,(H,21,24,25). The number of pyridine rings is 1. The van der Waals surface area contributed by atoms with Crippen molar-refractivity contribution in [3.8, 4) is 5.69 Å². The van der Waals surface area contributed by atoms with Gasteiger partial charge in [-0.05, 0) is 24.6 Å². The van der Waals surface area contributed by atoms with Crippen molar-refractivity contribution < 1.29 is 27.2 Å². The molecule has 0 fully saturated rings. The number of fused-ring (bicyclic) bond motifs is 1. The first-order chi connectivity index (χ1) is 11.5. The fourth-order valence-corrected chi connectivity index (χ4v) is 2.63. The molecule has 0 saturated carbocycles. The van der Waals surface area contributed by atoms with E-state index in [2.05, 4.69) is 0 Å². The van der Waals surface area contributed by atoms with Gasteiger partial charge >= 0.3 is 6.18 Å². The molecule has 130 valence electrons. The van der Waals surface area contributed by atoms with Crippen LogP contribution >= 0.6 is 0 Å². The van der Waals surface area contributed by atoms with Gasteiger partial charge in [-0.3, -0.25) is 24.3 Å². The largest absolute Gasteiger partial charge is 0.416 e. The Balaban J connectivity index is 2.35. The minimum Gasteiger partial charge on any atom is -0.384 e. The topological polar surface area (TPSA) is 94.2 Å². The zero-order valence-electron chi connectivity index (χ0n) is 12.5. The van der Waals surface area contributed by atoms with Gasteiger partial charge in [0.1, 0.15) is 11.6 Å². The van der Waals surface area contributed by atoms with Gasteiger partial charge in [0.15, 0.2) is 0 Å². The summed E-state index contributed by atoms with van der Waals surface area (Å²) in [5.74, 6) is -3.49. The lowest BCUT2D eigenvalue weighted by atomic mass is 10.1. The van der Waals surface area contributed by atoms with Crippen molar-refractivity contribution in [2.45, 2.75) is 13.1 Å². The number of rotatable bonds is 1. The van der Waals surface area contributed by atoms with Crippen molar-refractivity contribution >= 4 is 17.6 Å². The summed E-state index contributed by atoms with van der Waals surface area (Å²) in [5, 5.41) is 1.92. The molecule has 10 heteroatoms. The Bertz CT molecular complexity index is 1010. The number of nitrogen functional groups attached to an aromatic ring is 1. The van der Waals surface area contributed by atoms with Crippen molar-refractivity contribution in [1.82, 2.24) is 9.88 Å². The van der Waals surface area contributed by atoms with Gasteiger partial charge in [0.05, 0.1) is 22.4 Å². The summed E-state index contributed by atoms with van der Waals surface area (Å²) in [6.07, 6.45) is -4.86. The Kier molecular flexibility index (Phi) is 3.44. The van der Waals surface area contributed by atoms with Crippen LogP contribution in [0, 0.1) is 12.7 Å². The third-order valence-electron chi connectivity index (χ3n) is 3.85. The molecule has 0 bridgehead atoms. The average Bonchev–Trinajstić information content (AvgIpc) is 2.75. The molecule has 0 radical (unpaired) electrons.